The topological polar surface area (TPSA) is 75.3 Å². The van der Waals surface area contributed by atoms with E-state index in [-0.39, 0.29) is 43.4 Å². The van der Waals surface area contributed by atoms with Gasteiger partial charge in [-0.3, -0.25) is 14.4 Å². The Bertz CT molecular complexity index is 1160. The van der Waals surface area contributed by atoms with E-state index in [2.05, 4.69) is 59.2 Å². The van der Waals surface area contributed by atoms with Crippen LogP contribution in [0.2, 0.25) is 0 Å². The van der Waals surface area contributed by atoms with Crippen LogP contribution < -0.4 is 10.6 Å². The van der Waals surface area contributed by atoms with Crippen LogP contribution in [0.3, 0.4) is 0 Å². The van der Waals surface area contributed by atoms with Gasteiger partial charge in [0.2, 0.25) is 11.8 Å². The molecule has 3 aliphatic carbocycles. The van der Waals surface area contributed by atoms with E-state index in [9.17, 15) is 14.4 Å². The number of carbonyl (C=O) groups is 3. The van der Waals surface area contributed by atoms with Crippen molar-refractivity contribution in [2.24, 2.45) is 5.92 Å². The molecular formula is C28H28N2O3S. The molecule has 34 heavy (non-hydrogen) atoms. The molecule has 174 valence electrons. The number of amides is 2. The lowest BCUT2D eigenvalue weighted by atomic mass is 9.59. The molecule has 2 bridgehead atoms. The molecule has 2 N–H and O–H groups in total. The number of Topliss-reactive ketones (excluding diaryl/α,β-unsaturated/α-hetero) is 1. The molecule has 0 spiro atoms. The Kier molecular flexibility index (Phi) is 6.59. The standard InChI is InChI=1S/C28H28N2O3S/c31-24(25-10-5-15-34-25)11-12-26(32)29-14-13-27(33)30-17-18-16-23-19-6-1-3-8-21(19)28(18)22-9-4-2-7-20(22)23/h1-10,15,18,23,28H,11-14,16-17H2,(H,29,32)(H,30,33). The molecule has 3 aliphatic rings. The highest BCUT2D eigenvalue weighted by Gasteiger charge is 2.42. The van der Waals surface area contributed by atoms with Crippen LogP contribution in [0.1, 0.15) is 69.4 Å². The van der Waals surface area contributed by atoms with Crippen molar-refractivity contribution in [2.75, 3.05) is 13.1 Å². The second kappa shape index (κ2) is 9.94. The average Bonchev–Trinajstić information content (AvgIpc) is 3.41. The second-order valence-corrected chi connectivity index (χ2v) is 10.0. The Morgan fingerprint density at radius 2 is 1.41 bits per heavy atom. The minimum absolute atomic E-state index is 0.0205. The van der Waals surface area contributed by atoms with Gasteiger partial charge in [0, 0.05) is 44.2 Å². The number of benzene rings is 2. The molecular weight excluding hydrogens is 444 g/mol. The predicted octanol–water partition coefficient (Wildman–Crippen LogP) is 4.63. The maximum Gasteiger partial charge on any atom is 0.221 e. The van der Waals surface area contributed by atoms with Crippen molar-refractivity contribution in [3.8, 4) is 0 Å². The number of rotatable bonds is 9. The average molecular weight is 473 g/mol. The molecule has 1 heterocycles. The van der Waals surface area contributed by atoms with E-state index >= 15 is 0 Å². The first-order chi connectivity index (χ1) is 16.6. The fourth-order valence-electron chi connectivity index (χ4n) is 5.48. The highest BCUT2D eigenvalue weighted by Crippen LogP contribution is 2.55. The minimum atomic E-state index is -0.199. The summed E-state index contributed by atoms with van der Waals surface area (Å²) in [6.45, 7) is 0.909. The normalized spacial score (nSPS) is 19.7. The molecule has 3 aromatic rings. The SMILES string of the molecule is O=C(CCC(=O)c1cccs1)NCCC(=O)NCC1CC2c3ccccc3C1c1ccccc12. The van der Waals surface area contributed by atoms with Gasteiger partial charge in [0.25, 0.3) is 0 Å². The first-order valence-electron chi connectivity index (χ1n) is 11.9. The van der Waals surface area contributed by atoms with E-state index in [1.54, 1.807) is 6.07 Å². The first kappa shape index (κ1) is 22.5. The molecule has 5 nitrogen and oxygen atoms in total. The van der Waals surface area contributed by atoms with Gasteiger partial charge < -0.3 is 10.6 Å². The first-order valence-corrected chi connectivity index (χ1v) is 12.8. The Balaban J connectivity index is 1.10. The zero-order valence-corrected chi connectivity index (χ0v) is 19.8. The maximum absolute atomic E-state index is 12.5. The van der Waals surface area contributed by atoms with Crippen LogP contribution in [-0.2, 0) is 9.59 Å². The van der Waals surface area contributed by atoms with Crippen LogP contribution in [0.4, 0.5) is 0 Å². The van der Waals surface area contributed by atoms with Gasteiger partial charge in [0.1, 0.15) is 0 Å². The highest BCUT2D eigenvalue weighted by atomic mass is 32.1. The minimum Gasteiger partial charge on any atom is -0.356 e. The smallest absolute Gasteiger partial charge is 0.221 e. The number of ketones is 1. The summed E-state index contributed by atoms with van der Waals surface area (Å²) in [4.78, 5) is 37.2. The van der Waals surface area contributed by atoms with Crippen LogP contribution >= 0.6 is 11.3 Å². The van der Waals surface area contributed by atoms with Crippen molar-refractivity contribution in [3.63, 3.8) is 0 Å². The number of hydrogen-bond acceptors (Lipinski definition) is 4. The van der Waals surface area contributed by atoms with Crippen LogP contribution in [0.25, 0.3) is 0 Å². The van der Waals surface area contributed by atoms with E-state index in [4.69, 9.17) is 0 Å². The van der Waals surface area contributed by atoms with E-state index in [1.165, 1.54) is 33.6 Å². The molecule has 0 radical (unpaired) electrons. The predicted molar refractivity (Wildman–Crippen MR) is 133 cm³/mol. The Morgan fingerprint density at radius 3 is 2.06 bits per heavy atom. The van der Waals surface area contributed by atoms with Crippen LogP contribution in [0, 0.1) is 5.92 Å². The highest BCUT2D eigenvalue weighted by molar-refractivity contribution is 7.12. The molecule has 2 aromatic carbocycles. The van der Waals surface area contributed by atoms with Crippen molar-refractivity contribution in [2.45, 2.75) is 37.5 Å². The summed E-state index contributed by atoms with van der Waals surface area (Å²) in [5.41, 5.74) is 5.63. The van der Waals surface area contributed by atoms with E-state index in [1.807, 2.05) is 11.4 Å². The largest absolute Gasteiger partial charge is 0.356 e. The Morgan fingerprint density at radius 1 is 0.765 bits per heavy atom. The zero-order valence-electron chi connectivity index (χ0n) is 19.0. The quantitative estimate of drug-likeness (QED) is 0.446. The third-order valence-corrected chi connectivity index (χ3v) is 7.94. The van der Waals surface area contributed by atoms with Crippen molar-refractivity contribution < 1.29 is 14.4 Å². The zero-order chi connectivity index (χ0) is 23.5. The van der Waals surface area contributed by atoms with E-state index < -0.39 is 0 Å². The molecule has 6 heteroatoms. The molecule has 1 atom stereocenters. The van der Waals surface area contributed by atoms with Gasteiger partial charge in [-0.25, -0.2) is 0 Å². The third kappa shape index (κ3) is 4.55. The Labute approximate surface area is 203 Å². The summed E-state index contributed by atoms with van der Waals surface area (Å²) in [5.74, 6) is 0.770. The summed E-state index contributed by atoms with van der Waals surface area (Å²) < 4.78 is 0. The summed E-state index contributed by atoms with van der Waals surface area (Å²) >= 11 is 1.38. The number of thiophene rings is 1. The van der Waals surface area contributed by atoms with Gasteiger partial charge >= 0.3 is 0 Å². The van der Waals surface area contributed by atoms with E-state index in [0.717, 1.165) is 6.42 Å². The lowest BCUT2D eigenvalue weighted by Crippen LogP contribution is -2.40. The fraction of sp³-hybridized carbons (Fsp3) is 0.321. The summed E-state index contributed by atoms with van der Waals surface area (Å²) in [6, 6.07) is 21.0. The number of hydrogen-bond donors (Lipinski definition) is 2. The molecule has 0 saturated carbocycles. The van der Waals surface area contributed by atoms with Crippen molar-refractivity contribution >= 4 is 28.9 Å². The molecule has 6 rings (SSSR count). The van der Waals surface area contributed by atoms with Gasteiger partial charge in [-0.15, -0.1) is 11.3 Å². The summed E-state index contributed by atoms with van der Waals surface area (Å²) in [5, 5.41) is 7.70. The molecule has 1 aromatic heterocycles. The fourth-order valence-corrected chi connectivity index (χ4v) is 6.18. The van der Waals surface area contributed by atoms with Crippen LogP contribution in [0.5, 0.6) is 0 Å². The van der Waals surface area contributed by atoms with E-state index in [0.29, 0.717) is 29.2 Å². The van der Waals surface area contributed by atoms with Crippen LogP contribution in [-0.4, -0.2) is 30.7 Å². The Hall–Kier alpha value is -3.25. The molecule has 1 unspecified atom stereocenters. The van der Waals surface area contributed by atoms with Crippen molar-refractivity contribution in [1.82, 2.24) is 10.6 Å². The molecule has 0 aliphatic heterocycles. The third-order valence-electron chi connectivity index (χ3n) is 7.03. The monoisotopic (exact) mass is 472 g/mol. The summed E-state index contributed by atoms with van der Waals surface area (Å²) in [6.07, 6.45) is 1.60. The van der Waals surface area contributed by atoms with Gasteiger partial charge in [0.05, 0.1) is 4.88 Å². The van der Waals surface area contributed by atoms with Crippen LogP contribution in [0.15, 0.2) is 66.0 Å². The van der Waals surface area contributed by atoms with Crippen molar-refractivity contribution in [1.29, 1.82) is 0 Å². The molecule has 0 fully saturated rings. The second-order valence-electron chi connectivity index (χ2n) is 9.09. The number of nitrogens with one attached hydrogen (secondary N) is 2. The molecule has 2 amide bonds. The molecule has 0 saturated heterocycles. The summed E-state index contributed by atoms with van der Waals surface area (Å²) in [7, 11) is 0. The van der Waals surface area contributed by atoms with Gasteiger partial charge in [-0.1, -0.05) is 54.6 Å². The number of carbonyl (C=O) groups excluding carboxylic acids is 3. The van der Waals surface area contributed by atoms with Gasteiger partial charge in [-0.05, 0) is 46.0 Å². The van der Waals surface area contributed by atoms with Gasteiger partial charge in [-0.2, -0.15) is 0 Å². The lowest BCUT2D eigenvalue weighted by molar-refractivity contribution is -0.122. The maximum atomic E-state index is 12.5. The number of fused-ring (bicyclic) bond motifs is 1. The van der Waals surface area contributed by atoms with Gasteiger partial charge in [0.15, 0.2) is 5.78 Å². The lowest BCUT2D eigenvalue weighted by Gasteiger charge is -2.45. The van der Waals surface area contributed by atoms with Crippen molar-refractivity contribution in [3.05, 3.63) is 93.2 Å².